The molecule has 0 spiro atoms. The maximum absolute atomic E-state index is 13.0. The second kappa shape index (κ2) is 5.58. The summed E-state index contributed by atoms with van der Waals surface area (Å²) >= 11 is 0. The van der Waals surface area contributed by atoms with Crippen molar-refractivity contribution in [3.05, 3.63) is 11.6 Å². The van der Waals surface area contributed by atoms with Gasteiger partial charge in [0.05, 0.1) is 12.0 Å². The number of rotatable bonds is 2. The molecule has 132 valence electrons. The van der Waals surface area contributed by atoms with E-state index in [9.17, 15) is 14.4 Å². The number of amides is 2. The van der Waals surface area contributed by atoms with Crippen molar-refractivity contribution in [1.29, 1.82) is 0 Å². The van der Waals surface area contributed by atoms with Gasteiger partial charge in [-0.1, -0.05) is 11.6 Å². The van der Waals surface area contributed by atoms with Gasteiger partial charge in [0.15, 0.2) is 0 Å². The monoisotopic (exact) mass is 336 g/mol. The third kappa shape index (κ3) is 2.33. The molecule has 0 radical (unpaired) electrons. The average molecular weight is 336 g/mol. The van der Waals surface area contributed by atoms with Crippen LogP contribution < -0.4 is 0 Å². The topological polar surface area (TPSA) is 76.2 Å². The molecule has 3 aliphatic rings. The number of hydrogen-bond acceptors (Lipinski definition) is 5. The van der Waals surface area contributed by atoms with E-state index in [2.05, 4.69) is 0 Å². The van der Waals surface area contributed by atoms with Gasteiger partial charge < -0.3 is 19.3 Å². The predicted octanol–water partition coefficient (Wildman–Crippen LogP) is 0.688. The SMILES string of the molecule is CCN1C(=O)[C@H]2[C@H](O[C@@]3(C)C=C(C)CN(C(C)=O)[C@@H]23)[C@@H]1OC(C)=O. The number of carbonyl (C=O) groups is 3. The quantitative estimate of drug-likeness (QED) is 0.548. The van der Waals surface area contributed by atoms with Gasteiger partial charge >= 0.3 is 5.97 Å². The molecule has 3 rings (SSSR count). The normalized spacial score (nSPS) is 37.9. The van der Waals surface area contributed by atoms with Crippen LogP contribution in [0.25, 0.3) is 0 Å². The highest BCUT2D eigenvalue weighted by Gasteiger charge is 2.66. The summed E-state index contributed by atoms with van der Waals surface area (Å²) in [4.78, 5) is 39.8. The Morgan fingerprint density at radius 1 is 1.42 bits per heavy atom. The van der Waals surface area contributed by atoms with E-state index < -0.39 is 29.8 Å². The van der Waals surface area contributed by atoms with E-state index in [1.165, 1.54) is 18.7 Å². The van der Waals surface area contributed by atoms with Crippen LogP contribution in [0, 0.1) is 5.92 Å². The lowest BCUT2D eigenvalue weighted by Gasteiger charge is -2.43. The second-order valence-corrected chi connectivity index (χ2v) is 7.00. The van der Waals surface area contributed by atoms with Crippen LogP contribution in [0.2, 0.25) is 0 Å². The first kappa shape index (κ1) is 17.0. The van der Waals surface area contributed by atoms with Crippen molar-refractivity contribution in [3.63, 3.8) is 0 Å². The number of fused-ring (bicyclic) bond motifs is 3. The molecule has 0 unspecified atom stereocenters. The van der Waals surface area contributed by atoms with Crippen LogP contribution in [0.4, 0.5) is 0 Å². The number of esters is 1. The lowest BCUT2D eigenvalue weighted by molar-refractivity contribution is -0.172. The van der Waals surface area contributed by atoms with E-state index in [0.717, 1.165) is 5.57 Å². The standard InChI is InChI=1S/C17H24N2O5/c1-6-18-15(22)12-13(16(18)23-11(4)21)24-17(5)7-9(2)8-19(10(3)20)14(12)17/h7,12-14,16H,6,8H2,1-5H3/t12-,13-,14-,16-,17-/m0/s1. The first-order valence-electron chi connectivity index (χ1n) is 8.30. The summed E-state index contributed by atoms with van der Waals surface area (Å²) in [6.07, 6.45) is 0.680. The van der Waals surface area contributed by atoms with Gasteiger partial charge in [-0.15, -0.1) is 0 Å². The maximum Gasteiger partial charge on any atom is 0.304 e. The van der Waals surface area contributed by atoms with E-state index >= 15 is 0 Å². The lowest BCUT2D eigenvalue weighted by atomic mass is 9.82. The first-order chi connectivity index (χ1) is 11.2. The number of likely N-dealkylation sites (tertiary alicyclic amines) is 1. The number of likely N-dealkylation sites (N-methyl/N-ethyl adjacent to an activating group) is 1. The summed E-state index contributed by atoms with van der Waals surface area (Å²) in [5, 5.41) is 0. The Hall–Kier alpha value is -1.89. The summed E-state index contributed by atoms with van der Waals surface area (Å²) < 4.78 is 11.6. The van der Waals surface area contributed by atoms with E-state index in [1.54, 1.807) is 4.90 Å². The van der Waals surface area contributed by atoms with Crippen molar-refractivity contribution in [2.24, 2.45) is 5.92 Å². The van der Waals surface area contributed by atoms with Crippen molar-refractivity contribution in [2.75, 3.05) is 13.1 Å². The number of nitrogens with zero attached hydrogens (tertiary/aromatic N) is 2. The molecule has 0 aromatic carbocycles. The van der Waals surface area contributed by atoms with Gasteiger partial charge in [0.2, 0.25) is 18.0 Å². The maximum atomic E-state index is 13.0. The van der Waals surface area contributed by atoms with E-state index in [0.29, 0.717) is 13.1 Å². The zero-order valence-electron chi connectivity index (χ0n) is 14.7. The van der Waals surface area contributed by atoms with Gasteiger partial charge in [0.1, 0.15) is 11.7 Å². The van der Waals surface area contributed by atoms with Gasteiger partial charge in [-0.25, -0.2) is 0 Å². The van der Waals surface area contributed by atoms with Gasteiger partial charge in [-0.2, -0.15) is 0 Å². The average Bonchev–Trinajstić information content (AvgIpc) is 2.88. The second-order valence-electron chi connectivity index (χ2n) is 7.00. The first-order valence-corrected chi connectivity index (χ1v) is 8.30. The van der Waals surface area contributed by atoms with Crippen LogP contribution in [0.3, 0.4) is 0 Å². The fourth-order valence-electron chi connectivity index (χ4n) is 4.45. The van der Waals surface area contributed by atoms with Crippen molar-refractivity contribution >= 4 is 17.8 Å². The Balaban J connectivity index is 2.04. The summed E-state index contributed by atoms with van der Waals surface area (Å²) in [6.45, 7) is 9.41. The molecule has 2 fully saturated rings. The Labute approximate surface area is 141 Å². The molecule has 0 aromatic rings. The van der Waals surface area contributed by atoms with Crippen LogP contribution in [0.5, 0.6) is 0 Å². The zero-order chi connectivity index (χ0) is 17.8. The molecule has 3 heterocycles. The third-order valence-corrected chi connectivity index (χ3v) is 5.15. The van der Waals surface area contributed by atoms with E-state index in [4.69, 9.17) is 9.47 Å². The Morgan fingerprint density at radius 3 is 2.62 bits per heavy atom. The van der Waals surface area contributed by atoms with Crippen LogP contribution in [-0.2, 0) is 23.9 Å². The van der Waals surface area contributed by atoms with Crippen molar-refractivity contribution in [3.8, 4) is 0 Å². The van der Waals surface area contributed by atoms with E-state index in [1.807, 2.05) is 26.8 Å². The highest BCUT2D eigenvalue weighted by atomic mass is 16.6. The van der Waals surface area contributed by atoms with Gasteiger partial charge in [0, 0.05) is 26.9 Å². The lowest BCUT2D eigenvalue weighted by Crippen LogP contribution is -2.57. The summed E-state index contributed by atoms with van der Waals surface area (Å²) in [5.41, 5.74) is 0.268. The zero-order valence-corrected chi connectivity index (χ0v) is 14.7. The molecule has 3 aliphatic heterocycles. The number of ether oxygens (including phenoxy) is 2. The van der Waals surface area contributed by atoms with Crippen molar-refractivity contribution in [2.45, 2.75) is 58.6 Å². The molecule has 0 N–H and O–H groups in total. The Kier molecular flexibility index (Phi) is 3.94. The minimum Gasteiger partial charge on any atom is -0.439 e. The Bertz CT molecular complexity index is 630. The molecule has 5 atom stereocenters. The fourth-order valence-corrected chi connectivity index (χ4v) is 4.45. The smallest absolute Gasteiger partial charge is 0.304 e. The molecular formula is C17H24N2O5. The van der Waals surface area contributed by atoms with Crippen LogP contribution in [0.15, 0.2) is 11.6 Å². The van der Waals surface area contributed by atoms with E-state index in [-0.39, 0.29) is 17.9 Å². The van der Waals surface area contributed by atoms with Gasteiger partial charge in [-0.05, 0) is 20.8 Å². The summed E-state index contributed by atoms with van der Waals surface area (Å²) in [7, 11) is 0. The van der Waals surface area contributed by atoms with Crippen molar-refractivity contribution < 1.29 is 23.9 Å². The molecule has 2 amide bonds. The largest absolute Gasteiger partial charge is 0.439 e. The van der Waals surface area contributed by atoms with Crippen LogP contribution in [0.1, 0.15) is 34.6 Å². The minimum absolute atomic E-state index is 0.0882. The minimum atomic E-state index is -0.753. The van der Waals surface area contributed by atoms with Crippen molar-refractivity contribution in [1.82, 2.24) is 9.80 Å². The third-order valence-electron chi connectivity index (χ3n) is 5.15. The molecule has 7 nitrogen and oxygen atoms in total. The molecule has 0 aliphatic carbocycles. The highest BCUT2D eigenvalue weighted by molar-refractivity contribution is 5.86. The molecule has 2 saturated heterocycles. The Morgan fingerprint density at radius 2 is 2.08 bits per heavy atom. The molecular weight excluding hydrogens is 312 g/mol. The molecule has 7 heteroatoms. The van der Waals surface area contributed by atoms with Gasteiger partial charge in [-0.3, -0.25) is 14.4 Å². The van der Waals surface area contributed by atoms with Gasteiger partial charge in [0.25, 0.3) is 0 Å². The summed E-state index contributed by atoms with van der Waals surface area (Å²) in [5.74, 6) is -1.19. The summed E-state index contributed by atoms with van der Waals surface area (Å²) in [6, 6.07) is -0.384. The van der Waals surface area contributed by atoms with Crippen LogP contribution in [-0.4, -0.2) is 64.6 Å². The highest BCUT2D eigenvalue weighted by Crippen LogP contribution is 2.48. The number of hydrogen-bond donors (Lipinski definition) is 0. The number of carbonyl (C=O) groups excluding carboxylic acids is 3. The fraction of sp³-hybridized carbons (Fsp3) is 0.706. The molecule has 0 aromatic heterocycles. The molecule has 24 heavy (non-hydrogen) atoms. The molecule has 0 saturated carbocycles. The molecule has 0 bridgehead atoms. The predicted molar refractivity (Wildman–Crippen MR) is 84.6 cm³/mol. The van der Waals surface area contributed by atoms with Crippen LogP contribution >= 0.6 is 0 Å².